The summed E-state index contributed by atoms with van der Waals surface area (Å²) in [4.78, 5) is 11.9. The van der Waals surface area contributed by atoms with Crippen molar-refractivity contribution in [2.24, 2.45) is 0 Å². The second-order valence-electron chi connectivity index (χ2n) is 4.65. The van der Waals surface area contributed by atoms with Crippen molar-refractivity contribution in [3.05, 3.63) is 48.0 Å². The fraction of sp³-hybridized carbons (Fsp3) is 0.133. The minimum atomic E-state index is -0.244. The summed E-state index contributed by atoms with van der Waals surface area (Å²) in [5.74, 6) is 0.418. The van der Waals surface area contributed by atoms with Crippen LogP contribution in [-0.4, -0.2) is 27.9 Å². The smallest absolute Gasteiger partial charge is 0.262 e. The molecule has 0 aliphatic heterocycles. The zero-order valence-corrected chi connectivity index (χ0v) is 11.5. The van der Waals surface area contributed by atoms with Crippen LogP contribution in [0.15, 0.2) is 42.5 Å². The van der Waals surface area contributed by atoms with E-state index in [9.17, 15) is 4.79 Å². The fourth-order valence-corrected chi connectivity index (χ4v) is 1.94. The number of fused-ring (bicyclic) bond motifs is 1. The topological polar surface area (TPSA) is 79.9 Å². The third kappa shape index (κ3) is 3.00. The predicted octanol–water partition coefficient (Wildman–Crippen LogP) is 2.28. The average Bonchev–Trinajstić information content (AvgIpc) is 2.96. The summed E-state index contributed by atoms with van der Waals surface area (Å²) in [5.41, 5.74) is 3.08. The predicted molar refractivity (Wildman–Crippen MR) is 79.2 cm³/mol. The van der Waals surface area contributed by atoms with Crippen LogP contribution in [0.3, 0.4) is 0 Å². The molecule has 6 heteroatoms. The van der Waals surface area contributed by atoms with Gasteiger partial charge < -0.3 is 10.1 Å². The van der Waals surface area contributed by atoms with E-state index >= 15 is 0 Å². The summed E-state index contributed by atoms with van der Waals surface area (Å²) in [6, 6.07) is 12.9. The molecule has 0 fully saturated rings. The maximum Gasteiger partial charge on any atom is 0.262 e. The van der Waals surface area contributed by atoms with Crippen LogP contribution in [-0.2, 0) is 4.79 Å². The van der Waals surface area contributed by atoms with Gasteiger partial charge in [-0.2, -0.15) is 15.4 Å². The Bertz CT molecular complexity index is 765. The van der Waals surface area contributed by atoms with Crippen LogP contribution >= 0.6 is 0 Å². The van der Waals surface area contributed by atoms with Crippen molar-refractivity contribution in [2.45, 2.75) is 6.92 Å². The van der Waals surface area contributed by atoms with E-state index in [0.29, 0.717) is 22.5 Å². The van der Waals surface area contributed by atoms with E-state index in [0.717, 1.165) is 5.56 Å². The molecule has 0 saturated carbocycles. The van der Waals surface area contributed by atoms with E-state index in [1.165, 1.54) is 0 Å². The Morgan fingerprint density at radius 3 is 2.81 bits per heavy atom. The third-order valence-corrected chi connectivity index (χ3v) is 3.01. The largest absolute Gasteiger partial charge is 0.484 e. The summed E-state index contributed by atoms with van der Waals surface area (Å²) < 4.78 is 5.43. The number of benzene rings is 2. The third-order valence-electron chi connectivity index (χ3n) is 3.01. The Balaban J connectivity index is 1.64. The maximum atomic E-state index is 11.9. The Hall–Kier alpha value is -2.89. The minimum absolute atomic E-state index is 0.0582. The van der Waals surface area contributed by atoms with E-state index in [-0.39, 0.29) is 12.5 Å². The molecule has 3 aromatic rings. The molecule has 0 atom stereocenters. The number of rotatable bonds is 4. The summed E-state index contributed by atoms with van der Waals surface area (Å²) >= 11 is 0. The SMILES string of the molecule is Cc1ccc(OCC(=O)Nc2cccc3n[nH]nc23)cc1. The molecule has 6 nitrogen and oxygen atoms in total. The summed E-state index contributed by atoms with van der Waals surface area (Å²) in [6.07, 6.45) is 0. The highest BCUT2D eigenvalue weighted by Crippen LogP contribution is 2.18. The molecule has 3 rings (SSSR count). The zero-order chi connectivity index (χ0) is 14.7. The number of carbonyl (C=O) groups excluding carboxylic acids is 1. The van der Waals surface area contributed by atoms with Crippen LogP contribution < -0.4 is 10.1 Å². The first-order valence-electron chi connectivity index (χ1n) is 6.51. The van der Waals surface area contributed by atoms with Crippen LogP contribution in [0.2, 0.25) is 0 Å². The average molecular weight is 282 g/mol. The number of carbonyl (C=O) groups is 1. The molecule has 0 aliphatic rings. The van der Waals surface area contributed by atoms with Crippen molar-refractivity contribution in [3.8, 4) is 5.75 Å². The number of H-pyrrole nitrogens is 1. The van der Waals surface area contributed by atoms with Gasteiger partial charge in [-0.3, -0.25) is 4.79 Å². The van der Waals surface area contributed by atoms with Gasteiger partial charge in [0.25, 0.3) is 5.91 Å². The van der Waals surface area contributed by atoms with Crippen molar-refractivity contribution < 1.29 is 9.53 Å². The number of aromatic nitrogens is 3. The van der Waals surface area contributed by atoms with Gasteiger partial charge in [0, 0.05) is 0 Å². The van der Waals surface area contributed by atoms with Crippen molar-refractivity contribution in [1.29, 1.82) is 0 Å². The normalized spacial score (nSPS) is 10.5. The van der Waals surface area contributed by atoms with Gasteiger partial charge >= 0.3 is 0 Å². The monoisotopic (exact) mass is 282 g/mol. The number of hydrogen-bond donors (Lipinski definition) is 2. The molecular formula is C15H14N4O2. The van der Waals surface area contributed by atoms with Gasteiger partial charge in [0.15, 0.2) is 6.61 Å². The van der Waals surface area contributed by atoms with Crippen LogP contribution in [0.5, 0.6) is 5.75 Å². The van der Waals surface area contributed by atoms with Crippen LogP contribution in [0.25, 0.3) is 11.0 Å². The molecule has 0 spiro atoms. The minimum Gasteiger partial charge on any atom is -0.484 e. The summed E-state index contributed by atoms with van der Waals surface area (Å²) in [7, 11) is 0. The number of aromatic amines is 1. The van der Waals surface area contributed by atoms with E-state index < -0.39 is 0 Å². The number of amides is 1. The highest BCUT2D eigenvalue weighted by molar-refractivity contribution is 5.99. The highest BCUT2D eigenvalue weighted by Gasteiger charge is 2.08. The van der Waals surface area contributed by atoms with Crippen LogP contribution in [0.1, 0.15) is 5.56 Å². The molecular weight excluding hydrogens is 268 g/mol. The van der Waals surface area contributed by atoms with Gasteiger partial charge in [-0.15, -0.1) is 0 Å². The van der Waals surface area contributed by atoms with Gasteiger partial charge in [-0.25, -0.2) is 0 Å². The lowest BCUT2D eigenvalue weighted by Gasteiger charge is -2.07. The lowest BCUT2D eigenvalue weighted by Crippen LogP contribution is -2.20. The number of nitrogens with one attached hydrogen (secondary N) is 2. The first-order chi connectivity index (χ1) is 10.2. The molecule has 1 aromatic heterocycles. The lowest BCUT2D eigenvalue weighted by molar-refractivity contribution is -0.118. The van der Waals surface area contributed by atoms with Crippen LogP contribution in [0.4, 0.5) is 5.69 Å². The van der Waals surface area contributed by atoms with Gasteiger partial charge in [-0.1, -0.05) is 23.8 Å². The van der Waals surface area contributed by atoms with Gasteiger partial charge in [-0.05, 0) is 31.2 Å². The molecule has 0 radical (unpaired) electrons. The zero-order valence-electron chi connectivity index (χ0n) is 11.5. The number of ether oxygens (including phenoxy) is 1. The molecule has 106 valence electrons. The van der Waals surface area contributed by atoms with Crippen molar-refractivity contribution in [2.75, 3.05) is 11.9 Å². The van der Waals surface area contributed by atoms with Gasteiger partial charge in [0.05, 0.1) is 5.69 Å². The highest BCUT2D eigenvalue weighted by atomic mass is 16.5. The molecule has 2 aromatic carbocycles. The van der Waals surface area contributed by atoms with Crippen molar-refractivity contribution >= 4 is 22.6 Å². The molecule has 0 saturated heterocycles. The van der Waals surface area contributed by atoms with E-state index in [1.807, 2.05) is 37.3 Å². The summed E-state index contributed by atoms with van der Waals surface area (Å²) in [6.45, 7) is 1.94. The number of anilines is 1. The fourth-order valence-electron chi connectivity index (χ4n) is 1.94. The van der Waals surface area contributed by atoms with Crippen molar-refractivity contribution in [1.82, 2.24) is 15.4 Å². The lowest BCUT2D eigenvalue weighted by atomic mass is 10.2. The van der Waals surface area contributed by atoms with Crippen molar-refractivity contribution in [3.63, 3.8) is 0 Å². The Morgan fingerprint density at radius 2 is 2.00 bits per heavy atom. The second-order valence-corrected chi connectivity index (χ2v) is 4.65. The van der Waals surface area contributed by atoms with Gasteiger partial charge in [0.2, 0.25) is 0 Å². The molecule has 0 bridgehead atoms. The molecule has 1 heterocycles. The molecule has 0 unspecified atom stereocenters. The molecule has 21 heavy (non-hydrogen) atoms. The Labute approximate surface area is 121 Å². The Kier molecular flexibility index (Phi) is 3.51. The second kappa shape index (κ2) is 5.62. The maximum absolute atomic E-state index is 11.9. The van der Waals surface area contributed by atoms with Gasteiger partial charge in [0.1, 0.15) is 16.8 Å². The standard InChI is InChI=1S/C15H14N4O2/c1-10-5-7-11(8-6-10)21-9-14(20)16-12-3-2-4-13-15(12)18-19-17-13/h2-8H,9H2,1H3,(H,16,20)(H,17,18,19). The summed E-state index contributed by atoms with van der Waals surface area (Å²) in [5, 5.41) is 13.3. The molecule has 1 amide bonds. The number of nitrogens with zero attached hydrogens (tertiary/aromatic N) is 2. The van der Waals surface area contributed by atoms with Crippen LogP contribution in [0, 0.1) is 6.92 Å². The molecule has 2 N–H and O–H groups in total. The van der Waals surface area contributed by atoms with E-state index in [2.05, 4.69) is 20.7 Å². The number of hydrogen-bond acceptors (Lipinski definition) is 4. The first-order valence-corrected chi connectivity index (χ1v) is 6.51. The molecule has 0 aliphatic carbocycles. The first kappa shape index (κ1) is 13.1. The van der Waals surface area contributed by atoms with E-state index in [1.54, 1.807) is 12.1 Å². The Morgan fingerprint density at radius 1 is 1.19 bits per heavy atom. The number of para-hydroxylation sites is 1. The number of aryl methyl sites for hydroxylation is 1. The van der Waals surface area contributed by atoms with E-state index in [4.69, 9.17) is 4.74 Å². The quantitative estimate of drug-likeness (QED) is 0.769.